The molecule has 3 aliphatic carbocycles. The molecule has 2 fully saturated rings. The number of hydrogen-bond acceptors (Lipinski definition) is 5. The Hall–Kier alpha value is -1.66. The van der Waals surface area contributed by atoms with Gasteiger partial charge >= 0.3 is 0 Å². The smallest absolute Gasteiger partial charge is 0.234 e. The number of likely N-dealkylation sites (tertiary alicyclic amines) is 1. The average molecular weight is 418 g/mol. The van der Waals surface area contributed by atoms with Gasteiger partial charge < -0.3 is 15.3 Å². The molecule has 1 heterocycles. The highest BCUT2D eigenvalue weighted by Crippen LogP contribution is 2.44. The van der Waals surface area contributed by atoms with Crippen LogP contribution >= 0.6 is 0 Å². The number of amides is 2. The lowest BCUT2D eigenvalue weighted by atomic mass is 9.74. The molecule has 6 nitrogen and oxygen atoms in total. The first kappa shape index (κ1) is 21.6. The Morgan fingerprint density at radius 1 is 0.833 bits per heavy atom. The molecular formula is C24H35NO5. The fourth-order valence-corrected chi connectivity index (χ4v) is 5.82. The number of carbonyl (C=O) groups excluding carboxylic acids is 2. The molecule has 4 aliphatic rings. The van der Waals surface area contributed by atoms with Gasteiger partial charge in [-0.1, -0.05) is 11.6 Å². The van der Waals surface area contributed by atoms with E-state index in [4.69, 9.17) is 0 Å². The molecule has 4 rings (SSSR count). The lowest BCUT2D eigenvalue weighted by molar-refractivity contribution is -0.137. The zero-order valence-electron chi connectivity index (χ0n) is 17.8. The number of hydrogen-bond donors (Lipinski definition) is 3. The van der Waals surface area contributed by atoms with E-state index in [1.54, 1.807) is 0 Å². The van der Waals surface area contributed by atoms with Crippen LogP contribution in [0.1, 0.15) is 83.5 Å². The van der Waals surface area contributed by atoms with Crippen molar-refractivity contribution in [3.8, 4) is 0 Å². The molecular weight excluding hydrogens is 382 g/mol. The van der Waals surface area contributed by atoms with Crippen molar-refractivity contribution in [2.45, 2.75) is 95.7 Å². The van der Waals surface area contributed by atoms with Gasteiger partial charge in [-0.2, -0.15) is 0 Å². The number of aliphatic hydroxyl groups excluding tert-OH is 3. The Morgan fingerprint density at radius 3 is 2.13 bits per heavy atom. The minimum absolute atomic E-state index is 0.0228. The van der Waals surface area contributed by atoms with Gasteiger partial charge in [0, 0.05) is 24.7 Å². The summed E-state index contributed by atoms with van der Waals surface area (Å²) in [5.74, 6) is 0.283. The monoisotopic (exact) mass is 417 g/mol. The molecule has 0 radical (unpaired) electrons. The van der Waals surface area contributed by atoms with Gasteiger partial charge in [0.05, 0.1) is 17.9 Å². The van der Waals surface area contributed by atoms with Crippen LogP contribution in [0.4, 0.5) is 0 Å². The minimum atomic E-state index is -0.266. The number of rotatable bonds is 5. The summed E-state index contributed by atoms with van der Waals surface area (Å²) in [5.41, 5.74) is 1.83. The predicted molar refractivity (Wildman–Crippen MR) is 112 cm³/mol. The summed E-state index contributed by atoms with van der Waals surface area (Å²) in [6, 6.07) is 0. The fourth-order valence-electron chi connectivity index (χ4n) is 5.82. The third kappa shape index (κ3) is 4.65. The summed E-state index contributed by atoms with van der Waals surface area (Å²) in [6.07, 6.45) is 11.2. The first-order valence-corrected chi connectivity index (χ1v) is 11.7. The molecule has 1 saturated heterocycles. The first-order chi connectivity index (χ1) is 14.4. The van der Waals surface area contributed by atoms with Crippen molar-refractivity contribution >= 4 is 11.8 Å². The molecule has 0 spiro atoms. The van der Waals surface area contributed by atoms with Crippen LogP contribution in [0.15, 0.2) is 23.1 Å². The van der Waals surface area contributed by atoms with E-state index in [0.29, 0.717) is 18.0 Å². The topological polar surface area (TPSA) is 98.1 Å². The first-order valence-electron chi connectivity index (χ1n) is 11.7. The van der Waals surface area contributed by atoms with Crippen molar-refractivity contribution in [2.24, 2.45) is 17.8 Å². The third-order valence-electron chi connectivity index (χ3n) is 7.61. The summed E-state index contributed by atoms with van der Waals surface area (Å²) in [5, 5.41) is 30.8. The molecule has 0 aromatic rings. The average Bonchev–Trinajstić information content (AvgIpc) is 3.06. The van der Waals surface area contributed by atoms with E-state index >= 15 is 0 Å². The molecule has 3 N–H and O–H groups in total. The van der Waals surface area contributed by atoms with Crippen LogP contribution in [0.25, 0.3) is 0 Å². The molecule has 2 amide bonds. The van der Waals surface area contributed by atoms with E-state index in [2.05, 4.69) is 6.08 Å². The fraction of sp³-hybridized carbons (Fsp3) is 0.750. The molecule has 1 saturated carbocycles. The Bertz CT molecular complexity index is 718. The van der Waals surface area contributed by atoms with Crippen LogP contribution in [0, 0.1) is 17.8 Å². The number of imide groups is 1. The number of aliphatic hydroxyl groups is 3. The normalized spacial score (nSPS) is 35.7. The lowest BCUT2D eigenvalue weighted by Gasteiger charge is -2.37. The maximum atomic E-state index is 12.5. The molecule has 3 unspecified atom stereocenters. The van der Waals surface area contributed by atoms with Crippen molar-refractivity contribution in [2.75, 3.05) is 0 Å². The van der Waals surface area contributed by atoms with Crippen LogP contribution < -0.4 is 0 Å². The quantitative estimate of drug-likeness (QED) is 0.468. The van der Waals surface area contributed by atoms with Crippen LogP contribution in [-0.4, -0.2) is 44.2 Å². The van der Waals surface area contributed by atoms with Gasteiger partial charge in [-0.25, -0.2) is 0 Å². The SMILES string of the molecule is O=C1CCC(=O)N1C1=C(O)C(CC2=CCC(O)CC2)CCC1CC1CCC(O)CC1. The van der Waals surface area contributed by atoms with Gasteiger partial charge in [0.2, 0.25) is 11.8 Å². The number of nitrogens with zero attached hydrogens (tertiary/aromatic N) is 1. The highest BCUT2D eigenvalue weighted by atomic mass is 16.3. The maximum Gasteiger partial charge on any atom is 0.234 e. The zero-order valence-corrected chi connectivity index (χ0v) is 17.8. The zero-order chi connectivity index (χ0) is 21.3. The number of carbonyl (C=O) groups is 2. The Morgan fingerprint density at radius 2 is 1.50 bits per heavy atom. The van der Waals surface area contributed by atoms with Crippen LogP contribution in [0.3, 0.4) is 0 Å². The van der Waals surface area contributed by atoms with Crippen LogP contribution in [0.2, 0.25) is 0 Å². The predicted octanol–water partition coefficient (Wildman–Crippen LogP) is 3.73. The van der Waals surface area contributed by atoms with Crippen molar-refractivity contribution in [1.29, 1.82) is 0 Å². The van der Waals surface area contributed by atoms with Gasteiger partial charge in [0.1, 0.15) is 5.76 Å². The van der Waals surface area contributed by atoms with Gasteiger partial charge in [-0.3, -0.25) is 14.5 Å². The molecule has 0 aromatic carbocycles. The molecule has 0 aromatic heterocycles. The lowest BCUT2D eigenvalue weighted by Crippen LogP contribution is -2.37. The highest BCUT2D eigenvalue weighted by molar-refractivity contribution is 6.03. The standard InChI is InChI=1S/C24H35NO5/c26-19-7-1-15(2-8-19)13-17-5-6-18(14-16-3-9-20(27)10-4-16)24(30)23(17)25-21(28)11-12-22(25)29/h3,15,17-20,26-27,30H,1-2,4-14H2. The van der Waals surface area contributed by atoms with E-state index in [9.17, 15) is 24.9 Å². The second-order valence-electron chi connectivity index (χ2n) is 9.77. The Labute approximate surface area is 178 Å². The second-order valence-corrected chi connectivity index (χ2v) is 9.77. The Balaban J connectivity index is 1.55. The second kappa shape index (κ2) is 9.23. The largest absolute Gasteiger partial charge is 0.510 e. The van der Waals surface area contributed by atoms with Gasteiger partial charge in [0.25, 0.3) is 0 Å². The van der Waals surface area contributed by atoms with Gasteiger partial charge in [-0.15, -0.1) is 0 Å². The van der Waals surface area contributed by atoms with E-state index in [1.165, 1.54) is 10.5 Å². The molecule has 1 aliphatic heterocycles. The van der Waals surface area contributed by atoms with E-state index in [0.717, 1.165) is 64.2 Å². The summed E-state index contributed by atoms with van der Waals surface area (Å²) >= 11 is 0. The van der Waals surface area contributed by atoms with E-state index < -0.39 is 0 Å². The molecule has 30 heavy (non-hydrogen) atoms. The van der Waals surface area contributed by atoms with Gasteiger partial charge in [0.15, 0.2) is 0 Å². The van der Waals surface area contributed by atoms with Crippen LogP contribution in [-0.2, 0) is 9.59 Å². The van der Waals surface area contributed by atoms with Crippen molar-refractivity contribution < 1.29 is 24.9 Å². The maximum absolute atomic E-state index is 12.5. The van der Waals surface area contributed by atoms with Crippen molar-refractivity contribution in [3.63, 3.8) is 0 Å². The third-order valence-corrected chi connectivity index (χ3v) is 7.61. The summed E-state index contributed by atoms with van der Waals surface area (Å²) in [7, 11) is 0. The van der Waals surface area contributed by atoms with E-state index in [1.807, 2.05) is 0 Å². The van der Waals surface area contributed by atoms with E-state index in [-0.39, 0.29) is 54.5 Å². The highest BCUT2D eigenvalue weighted by Gasteiger charge is 2.42. The molecule has 3 atom stereocenters. The van der Waals surface area contributed by atoms with Gasteiger partial charge in [-0.05, 0) is 76.5 Å². The minimum Gasteiger partial charge on any atom is -0.510 e. The molecule has 6 heteroatoms. The van der Waals surface area contributed by atoms with Crippen molar-refractivity contribution in [3.05, 3.63) is 23.1 Å². The number of allylic oxidation sites excluding steroid dienone is 3. The molecule has 166 valence electrons. The molecule has 0 bridgehead atoms. The Kier molecular flexibility index (Phi) is 6.63. The summed E-state index contributed by atoms with van der Waals surface area (Å²) < 4.78 is 0. The van der Waals surface area contributed by atoms with Crippen molar-refractivity contribution in [1.82, 2.24) is 4.90 Å². The van der Waals surface area contributed by atoms with Crippen LogP contribution in [0.5, 0.6) is 0 Å². The summed E-state index contributed by atoms with van der Waals surface area (Å²) in [4.78, 5) is 26.4. The summed E-state index contributed by atoms with van der Waals surface area (Å²) in [6.45, 7) is 0.